The fraction of sp³-hybridized carbons (Fsp3) is 0.500. The third-order valence-corrected chi connectivity index (χ3v) is 3.20. The molecule has 5 heteroatoms. The summed E-state index contributed by atoms with van der Waals surface area (Å²) in [7, 11) is 1.65. The second-order valence-electron chi connectivity index (χ2n) is 5.10. The predicted molar refractivity (Wildman–Crippen MR) is 77.9 cm³/mol. The lowest BCUT2D eigenvalue weighted by molar-refractivity contribution is 0.305. The van der Waals surface area contributed by atoms with Crippen molar-refractivity contribution in [3.05, 3.63) is 24.3 Å². The highest BCUT2D eigenvalue weighted by Gasteiger charge is 2.22. The molecule has 0 radical (unpaired) electrons. The Hall–Kier alpha value is -1.91. The molecule has 0 fully saturated rings. The van der Waals surface area contributed by atoms with Gasteiger partial charge in [0.05, 0.1) is 12.8 Å². The highest BCUT2D eigenvalue weighted by atomic mass is 16.5. The number of hydrogen-bond donors (Lipinski definition) is 3. The van der Waals surface area contributed by atoms with Gasteiger partial charge in [0.2, 0.25) is 0 Å². The van der Waals surface area contributed by atoms with E-state index in [-0.39, 0.29) is 11.3 Å². The van der Waals surface area contributed by atoms with Crippen molar-refractivity contribution < 1.29 is 9.94 Å². The van der Waals surface area contributed by atoms with Crippen molar-refractivity contribution in [1.29, 1.82) is 0 Å². The number of nitrogens with zero attached hydrogens (tertiary/aromatic N) is 1. The van der Waals surface area contributed by atoms with Crippen LogP contribution in [-0.2, 0) is 0 Å². The molecule has 0 bridgehead atoms. The van der Waals surface area contributed by atoms with Crippen molar-refractivity contribution in [3.63, 3.8) is 0 Å². The second-order valence-corrected chi connectivity index (χ2v) is 5.10. The molecule has 5 nitrogen and oxygen atoms in total. The van der Waals surface area contributed by atoms with Crippen molar-refractivity contribution in [1.82, 2.24) is 0 Å². The Bertz CT molecular complexity index is 430. The van der Waals surface area contributed by atoms with Gasteiger partial charge in [-0.25, -0.2) is 0 Å². The third-order valence-electron chi connectivity index (χ3n) is 3.20. The number of rotatable bonds is 7. The molecule has 19 heavy (non-hydrogen) atoms. The molecule has 1 aromatic carbocycles. The number of amidine groups is 1. The fourth-order valence-corrected chi connectivity index (χ4v) is 1.81. The monoisotopic (exact) mass is 265 g/mol. The van der Waals surface area contributed by atoms with Gasteiger partial charge in [0.15, 0.2) is 0 Å². The Morgan fingerprint density at radius 3 is 2.74 bits per heavy atom. The minimum atomic E-state index is -0.294. The van der Waals surface area contributed by atoms with Crippen LogP contribution in [0.25, 0.3) is 0 Å². The Labute approximate surface area is 114 Å². The van der Waals surface area contributed by atoms with Crippen LogP contribution in [0.5, 0.6) is 5.75 Å². The molecule has 1 rings (SSSR count). The summed E-state index contributed by atoms with van der Waals surface area (Å²) in [4.78, 5) is 0. The summed E-state index contributed by atoms with van der Waals surface area (Å²) in [6.07, 6.45) is 1.76. The minimum Gasteiger partial charge on any atom is -0.495 e. The molecular weight excluding hydrogens is 242 g/mol. The summed E-state index contributed by atoms with van der Waals surface area (Å²) in [5.74, 6) is 1.10. The molecule has 0 aliphatic heterocycles. The predicted octanol–water partition coefficient (Wildman–Crippen LogP) is 2.66. The molecular formula is C14H23N3O2. The number of methoxy groups -OCH3 is 1. The van der Waals surface area contributed by atoms with Crippen molar-refractivity contribution in [2.75, 3.05) is 19.0 Å². The van der Waals surface area contributed by atoms with Crippen LogP contribution in [0.3, 0.4) is 0 Å². The maximum atomic E-state index is 8.70. The number of para-hydroxylation sites is 2. The van der Waals surface area contributed by atoms with Crippen LogP contribution in [0.15, 0.2) is 29.4 Å². The number of nitrogens with one attached hydrogen (secondary N) is 1. The Kier molecular flexibility index (Phi) is 5.48. The molecule has 0 aliphatic rings. The standard InChI is InChI=1S/C14H23N3O2/c1-14(2,13(15)17-18)9-6-10-16-11-7-4-5-8-12(11)19-3/h4-5,7-8,16,18H,6,9-10H2,1-3H3,(H2,15,17). The van der Waals surface area contributed by atoms with Gasteiger partial charge in [0.25, 0.3) is 0 Å². The van der Waals surface area contributed by atoms with E-state index in [1.165, 1.54) is 0 Å². The summed E-state index contributed by atoms with van der Waals surface area (Å²) >= 11 is 0. The summed E-state index contributed by atoms with van der Waals surface area (Å²) in [5.41, 5.74) is 6.33. The number of nitrogens with two attached hydrogens (primary N) is 1. The van der Waals surface area contributed by atoms with Crippen molar-refractivity contribution in [2.45, 2.75) is 26.7 Å². The van der Waals surface area contributed by atoms with Crippen LogP contribution in [0.4, 0.5) is 5.69 Å². The van der Waals surface area contributed by atoms with Crippen molar-refractivity contribution >= 4 is 11.5 Å². The first kappa shape index (κ1) is 15.1. The fourth-order valence-electron chi connectivity index (χ4n) is 1.81. The zero-order valence-corrected chi connectivity index (χ0v) is 11.8. The van der Waals surface area contributed by atoms with Gasteiger partial charge >= 0.3 is 0 Å². The normalized spacial score (nSPS) is 12.3. The highest BCUT2D eigenvalue weighted by Crippen LogP contribution is 2.25. The lowest BCUT2D eigenvalue weighted by Gasteiger charge is -2.22. The summed E-state index contributed by atoms with van der Waals surface area (Å²) in [6.45, 7) is 4.73. The summed E-state index contributed by atoms with van der Waals surface area (Å²) < 4.78 is 5.26. The smallest absolute Gasteiger partial charge is 0.144 e. The Morgan fingerprint density at radius 2 is 2.11 bits per heavy atom. The molecule has 0 aliphatic carbocycles. The molecule has 0 unspecified atom stereocenters. The Morgan fingerprint density at radius 1 is 1.42 bits per heavy atom. The second kappa shape index (κ2) is 6.87. The Balaban J connectivity index is 2.43. The largest absolute Gasteiger partial charge is 0.495 e. The van der Waals surface area contributed by atoms with Gasteiger partial charge in [-0.3, -0.25) is 0 Å². The van der Waals surface area contributed by atoms with Crippen LogP contribution in [-0.4, -0.2) is 24.7 Å². The van der Waals surface area contributed by atoms with Gasteiger partial charge < -0.3 is 21.0 Å². The molecule has 0 saturated heterocycles. The first-order valence-electron chi connectivity index (χ1n) is 6.36. The number of oxime groups is 1. The summed E-state index contributed by atoms with van der Waals surface area (Å²) in [6, 6.07) is 7.80. The molecule has 0 saturated carbocycles. The summed E-state index contributed by atoms with van der Waals surface area (Å²) in [5, 5.41) is 15.1. The van der Waals surface area contributed by atoms with Gasteiger partial charge in [-0.05, 0) is 25.0 Å². The first-order valence-corrected chi connectivity index (χ1v) is 6.36. The molecule has 4 N–H and O–H groups in total. The van der Waals surface area contributed by atoms with E-state index in [4.69, 9.17) is 15.7 Å². The maximum Gasteiger partial charge on any atom is 0.144 e. The van der Waals surface area contributed by atoms with Gasteiger partial charge in [-0.2, -0.15) is 0 Å². The molecule has 0 aromatic heterocycles. The lowest BCUT2D eigenvalue weighted by atomic mass is 9.86. The highest BCUT2D eigenvalue weighted by molar-refractivity contribution is 5.85. The zero-order chi connectivity index (χ0) is 14.3. The van der Waals surface area contributed by atoms with Crippen molar-refractivity contribution in [2.24, 2.45) is 16.3 Å². The van der Waals surface area contributed by atoms with Crippen LogP contribution < -0.4 is 15.8 Å². The van der Waals surface area contributed by atoms with E-state index >= 15 is 0 Å². The van der Waals surface area contributed by atoms with E-state index in [2.05, 4.69) is 10.5 Å². The van der Waals surface area contributed by atoms with E-state index in [1.54, 1.807) is 7.11 Å². The third kappa shape index (κ3) is 4.35. The number of benzene rings is 1. The van der Waals surface area contributed by atoms with Crippen LogP contribution in [0, 0.1) is 5.41 Å². The molecule has 0 heterocycles. The quantitative estimate of drug-likeness (QED) is 0.233. The van der Waals surface area contributed by atoms with E-state index in [1.807, 2.05) is 38.1 Å². The maximum absolute atomic E-state index is 8.70. The molecule has 0 atom stereocenters. The van der Waals surface area contributed by atoms with Gasteiger partial charge in [-0.1, -0.05) is 31.1 Å². The van der Waals surface area contributed by atoms with E-state index in [0.717, 1.165) is 30.8 Å². The molecule has 0 spiro atoms. The number of hydrogen-bond acceptors (Lipinski definition) is 4. The SMILES string of the molecule is COc1ccccc1NCCCC(C)(C)C(N)=NO. The zero-order valence-electron chi connectivity index (χ0n) is 11.8. The first-order chi connectivity index (χ1) is 9.01. The lowest BCUT2D eigenvalue weighted by Crippen LogP contribution is -2.32. The van der Waals surface area contributed by atoms with Crippen LogP contribution >= 0.6 is 0 Å². The van der Waals surface area contributed by atoms with E-state index < -0.39 is 0 Å². The topological polar surface area (TPSA) is 79.9 Å². The minimum absolute atomic E-state index is 0.268. The van der Waals surface area contributed by atoms with Crippen LogP contribution in [0.1, 0.15) is 26.7 Å². The molecule has 0 amide bonds. The van der Waals surface area contributed by atoms with Gasteiger partial charge in [0, 0.05) is 12.0 Å². The number of ether oxygens (including phenoxy) is 1. The number of anilines is 1. The van der Waals surface area contributed by atoms with E-state index in [9.17, 15) is 0 Å². The average Bonchev–Trinajstić information content (AvgIpc) is 2.43. The van der Waals surface area contributed by atoms with Gasteiger partial charge in [0.1, 0.15) is 11.6 Å². The molecule has 106 valence electrons. The van der Waals surface area contributed by atoms with Gasteiger partial charge in [-0.15, -0.1) is 0 Å². The molecule has 1 aromatic rings. The van der Waals surface area contributed by atoms with Crippen molar-refractivity contribution in [3.8, 4) is 5.75 Å². The average molecular weight is 265 g/mol. The van der Waals surface area contributed by atoms with Crippen LogP contribution in [0.2, 0.25) is 0 Å². The van der Waals surface area contributed by atoms with E-state index in [0.29, 0.717) is 0 Å².